The number of hydrogen-bond acceptors (Lipinski definition) is 4. The Morgan fingerprint density at radius 3 is 2.59 bits per heavy atom. The maximum Gasteiger partial charge on any atom is 0.433 e. The second kappa shape index (κ2) is 5.86. The number of fused-ring (bicyclic) bond motifs is 7. The van der Waals surface area contributed by atoms with Crippen molar-refractivity contribution in [1.82, 2.24) is 19.5 Å². The van der Waals surface area contributed by atoms with Gasteiger partial charge < -0.3 is 0 Å². The van der Waals surface area contributed by atoms with E-state index in [-0.39, 0.29) is 16.9 Å². The average molecular weight is 424 g/mol. The number of sulfonamides is 1. The van der Waals surface area contributed by atoms with Crippen molar-refractivity contribution < 1.29 is 26.0 Å². The number of hydrogen-bond donors (Lipinski definition) is 1. The van der Waals surface area contributed by atoms with Crippen LogP contribution in [0.3, 0.4) is 0 Å². The number of halogens is 4. The summed E-state index contributed by atoms with van der Waals surface area (Å²) >= 11 is 0. The summed E-state index contributed by atoms with van der Waals surface area (Å²) in [6.45, 7) is 0. The molecule has 2 aliphatic heterocycles. The van der Waals surface area contributed by atoms with E-state index in [9.17, 15) is 26.0 Å². The van der Waals surface area contributed by atoms with Crippen LogP contribution in [0.2, 0.25) is 0 Å². The van der Waals surface area contributed by atoms with Gasteiger partial charge in [-0.05, 0) is 23.8 Å². The van der Waals surface area contributed by atoms with Crippen LogP contribution in [-0.2, 0) is 22.6 Å². The first-order chi connectivity index (χ1) is 13.7. The Labute approximate surface area is 162 Å². The number of alkyl halides is 3. The van der Waals surface area contributed by atoms with Gasteiger partial charge in [0.1, 0.15) is 16.4 Å². The summed E-state index contributed by atoms with van der Waals surface area (Å²) in [4.78, 5) is 2.87. The summed E-state index contributed by atoms with van der Waals surface area (Å²) in [6, 6.07) is 4.26. The van der Waals surface area contributed by atoms with E-state index in [1.807, 2.05) is 0 Å². The normalized spacial score (nSPS) is 21.1. The third kappa shape index (κ3) is 2.53. The van der Waals surface area contributed by atoms with Crippen molar-refractivity contribution in [3.8, 4) is 0 Å². The van der Waals surface area contributed by atoms with Crippen LogP contribution in [0.4, 0.5) is 17.6 Å². The topological polar surface area (TPSA) is 79.0 Å². The third-order valence-corrected chi connectivity index (χ3v) is 7.18. The summed E-state index contributed by atoms with van der Waals surface area (Å²) in [5.74, 6) is -0.546. The molecule has 2 aliphatic rings. The maximum atomic E-state index is 14.7. The van der Waals surface area contributed by atoms with Gasteiger partial charge in [-0.1, -0.05) is 12.1 Å². The number of aromatic nitrogens is 3. The van der Waals surface area contributed by atoms with Crippen LogP contribution in [0.1, 0.15) is 40.2 Å². The smallest absolute Gasteiger partial charge is 0.282 e. The number of pyridine rings is 1. The van der Waals surface area contributed by atoms with Crippen LogP contribution < -0.4 is 0 Å². The lowest BCUT2D eigenvalue weighted by molar-refractivity contribution is -0.141. The number of nitrogens with one attached hydrogen (secondary N) is 1. The van der Waals surface area contributed by atoms with Crippen molar-refractivity contribution in [2.45, 2.75) is 29.6 Å². The predicted molar refractivity (Wildman–Crippen MR) is 91.5 cm³/mol. The molecular weight excluding hydrogens is 412 g/mol. The molecule has 0 saturated carbocycles. The molecule has 4 heterocycles. The van der Waals surface area contributed by atoms with Gasteiger partial charge in [0, 0.05) is 29.4 Å². The zero-order valence-corrected chi connectivity index (χ0v) is 15.3. The molecule has 29 heavy (non-hydrogen) atoms. The van der Waals surface area contributed by atoms with Gasteiger partial charge in [-0.15, -0.1) is 0 Å². The summed E-state index contributed by atoms with van der Waals surface area (Å²) in [5, 5.41) is 6.76. The number of H-pyrrole nitrogens is 1. The minimum absolute atomic E-state index is 0.237. The molecule has 0 radical (unpaired) electrons. The van der Waals surface area contributed by atoms with E-state index in [2.05, 4.69) is 15.2 Å². The molecule has 5 rings (SSSR count). The molecule has 2 aromatic heterocycles. The molecule has 1 N–H and O–H groups in total. The molecule has 150 valence electrons. The van der Waals surface area contributed by atoms with Crippen molar-refractivity contribution in [3.63, 3.8) is 0 Å². The number of rotatable bonds is 2. The lowest BCUT2D eigenvalue weighted by atomic mass is 10.00. The highest BCUT2D eigenvalue weighted by molar-refractivity contribution is 7.89. The fourth-order valence-corrected chi connectivity index (χ4v) is 5.80. The summed E-state index contributed by atoms with van der Waals surface area (Å²) in [5.41, 5.74) is 0.801. The van der Waals surface area contributed by atoms with Crippen molar-refractivity contribution in [3.05, 3.63) is 76.6 Å². The number of benzene rings is 1. The van der Waals surface area contributed by atoms with Crippen molar-refractivity contribution in [2.24, 2.45) is 0 Å². The molecule has 11 heteroatoms. The minimum Gasteiger partial charge on any atom is -0.282 e. The summed E-state index contributed by atoms with van der Waals surface area (Å²) in [6.07, 6.45) is -2.30. The first kappa shape index (κ1) is 18.3. The largest absolute Gasteiger partial charge is 0.433 e. The second-order valence-electron chi connectivity index (χ2n) is 6.88. The van der Waals surface area contributed by atoms with E-state index in [1.165, 1.54) is 18.3 Å². The standard InChI is InChI=1S/C18H12F4N4O2S/c19-12-3-1-2-10-14-6-13-11(8-24-25-13)17(16(10)12)26(14)29(27,28)9-4-5-15(23-7-9)18(20,21)22/h1-5,7-8,14,17H,6H2,(H,24,25). The average Bonchev–Trinajstić information content (AvgIpc) is 3.24. The molecule has 2 unspecified atom stereocenters. The Morgan fingerprint density at radius 2 is 1.90 bits per heavy atom. The van der Waals surface area contributed by atoms with Gasteiger partial charge in [-0.2, -0.15) is 22.6 Å². The van der Waals surface area contributed by atoms with Gasteiger partial charge in [-0.3, -0.25) is 10.1 Å². The third-order valence-electron chi connectivity index (χ3n) is 5.33. The van der Waals surface area contributed by atoms with E-state index in [1.54, 1.807) is 6.07 Å². The Bertz CT molecular complexity index is 1220. The molecule has 0 aliphatic carbocycles. The molecule has 3 aromatic rings. The summed E-state index contributed by atoms with van der Waals surface area (Å²) in [7, 11) is -4.27. The maximum absolute atomic E-state index is 14.7. The first-order valence-corrected chi connectivity index (χ1v) is 10.0. The minimum atomic E-state index is -4.68. The fraction of sp³-hybridized carbons (Fsp3) is 0.222. The summed E-state index contributed by atoms with van der Waals surface area (Å²) < 4.78 is 80.9. The number of nitrogens with zero attached hydrogens (tertiary/aromatic N) is 3. The monoisotopic (exact) mass is 424 g/mol. The van der Waals surface area contributed by atoms with Crippen molar-refractivity contribution in [2.75, 3.05) is 0 Å². The highest BCUT2D eigenvalue weighted by atomic mass is 32.2. The SMILES string of the molecule is O=S(=O)(c1ccc(C(F)(F)F)nc1)N1C2Cc3[nH]ncc3C1c1c(F)cccc12. The lowest BCUT2D eigenvalue weighted by Crippen LogP contribution is -2.37. The second-order valence-corrected chi connectivity index (χ2v) is 8.72. The Kier molecular flexibility index (Phi) is 3.69. The van der Waals surface area contributed by atoms with Crippen LogP contribution in [0.15, 0.2) is 47.6 Å². The molecule has 0 saturated heterocycles. The van der Waals surface area contributed by atoms with Crippen molar-refractivity contribution in [1.29, 1.82) is 0 Å². The quantitative estimate of drug-likeness (QED) is 0.640. The molecule has 6 nitrogen and oxygen atoms in total. The van der Waals surface area contributed by atoms with Crippen molar-refractivity contribution >= 4 is 10.0 Å². The van der Waals surface area contributed by atoms with Crippen LogP contribution in [0.25, 0.3) is 0 Å². The predicted octanol–water partition coefficient (Wildman–Crippen LogP) is 3.35. The van der Waals surface area contributed by atoms with E-state index < -0.39 is 39.8 Å². The molecule has 0 amide bonds. The highest BCUT2D eigenvalue weighted by Gasteiger charge is 2.52. The lowest BCUT2D eigenvalue weighted by Gasteiger charge is -2.33. The van der Waals surface area contributed by atoms with Crippen LogP contribution in [0, 0.1) is 5.82 Å². The first-order valence-electron chi connectivity index (χ1n) is 8.57. The van der Waals surface area contributed by atoms with Crippen LogP contribution in [0.5, 0.6) is 0 Å². The Balaban J connectivity index is 1.66. The molecular formula is C18H12F4N4O2S. The van der Waals surface area contributed by atoms with Gasteiger partial charge in [0.25, 0.3) is 0 Å². The molecule has 0 fully saturated rings. The number of aromatic amines is 1. The molecule has 2 atom stereocenters. The van der Waals surface area contributed by atoms with E-state index >= 15 is 0 Å². The van der Waals surface area contributed by atoms with Gasteiger partial charge in [0.15, 0.2) is 0 Å². The zero-order valence-electron chi connectivity index (χ0n) is 14.5. The van der Waals surface area contributed by atoms with Crippen LogP contribution >= 0.6 is 0 Å². The van der Waals surface area contributed by atoms with Crippen LogP contribution in [-0.4, -0.2) is 27.9 Å². The van der Waals surface area contributed by atoms with Gasteiger partial charge in [0.2, 0.25) is 10.0 Å². The molecule has 1 aromatic carbocycles. The molecule has 2 bridgehead atoms. The highest BCUT2D eigenvalue weighted by Crippen LogP contribution is 2.54. The van der Waals surface area contributed by atoms with Gasteiger partial charge in [-0.25, -0.2) is 12.8 Å². The van der Waals surface area contributed by atoms with Gasteiger partial charge in [0.05, 0.1) is 18.3 Å². The van der Waals surface area contributed by atoms with Gasteiger partial charge >= 0.3 is 6.18 Å². The van der Waals surface area contributed by atoms with E-state index in [0.29, 0.717) is 29.1 Å². The fourth-order valence-electron chi connectivity index (χ4n) is 4.11. The zero-order chi connectivity index (χ0) is 20.6. The van der Waals surface area contributed by atoms with E-state index in [0.717, 1.165) is 10.4 Å². The van der Waals surface area contributed by atoms with E-state index in [4.69, 9.17) is 0 Å². The molecule has 0 spiro atoms. The Morgan fingerprint density at radius 1 is 1.10 bits per heavy atom. The Hall–Kier alpha value is -2.79.